The lowest BCUT2D eigenvalue weighted by Gasteiger charge is -2.13. The third-order valence-electron chi connectivity index (χ3n) is 2.68. The highest BCUT2D eigenvalue weighted by Gasteiger charge is 2.11. The second-order valence-electron chi connectivity index (χ2n) is 4.22. The minimum atomic E-state index is -4.16. The Bertz CT molecular complexity index is 457. The van der Waals surface area contributed by atoms with Crippen molar-refractivity contribution in [3.63, 3.8) is 0 Å². The van der Waals surface area contributed by atoms with Crippen LogP contribution in [0.5, 0.6) is 0 Å². The van der Waals surface area contributed by atoms with Crippen molar-refractivity contribution in [2.24, 2.45) is 0 Å². The van der Waals surface area contributed by atoms with Gasteiger partial charge in [0.15, 0.2) is 5.03 Å². The van der Waals surface area contributed by atoms with E-state index >= 15 is 0 Å². The van der Waals surface area contributed by atoms with Gasteiger partial charge in [0.1, 0.15) is 0 Å². The van der Waals surface area contributed by atoms with E-state index in [1.807, 2.05) is 0 Å². The molecule has 1 aromatic rings. The lowest BCUT2D eigenvalue weighted by atomic mass is 10.3. The van der Waals surface area contributed by atoms with Crippen LogP contribution in [0.2, 0.25) is 0 Å². The average Bonchev–Trinajstić information content (AvgIpc) is 2.30. The fourth-order valence-electron chi connectivity index (χ4n) is 1.61. The Morgan fingerprint density at radius 2 is 1.58 bits per heavy atom. The van der Waals surface area contributed by atoms with Gasteiger partial charge in [-0.1, -0.05) is 20.8 Å². The third-order valence-corrected chi connectivity index (χ3v) is 3.42. The first kappa shape index (κ1) is 18.0. The molecule has 0 amide bonds. The fourth-order valence-corrected chi connectivity index (χ4v) is 2.20. The third kappa shape index (κ3) is 7.25. The number of hydrogen-bond acceptors (Lipinski definition) is 4. The topological polar surface area (TPSA) is 70.5 Å². The zero-order chi connectivity index (χ0) is 15.1. The molecule has 0 spiro atoms. The SMILES string of the molecule is CCN(CC)CC.Cc1cc(C)nc(S(=O)(=O)O)c1. The van der Waals surface area contributed by atoms with Gasteiger partial charge in [-0.3, -0.25) is 4.55 Å². The van der Waals surface area contributed by atoms with E-state index in [4.69, 9.17) is 4.55 Å². The van der Waals surface area contributed by atoms with Gasteiger partial charge in [0.05, 0.1) is 0 Å². The highest BCUT2D eigenvalue weighted by molar-refractivity contribution is 7.85. The second-order valence-corrected chi connectivity index (χ2v) is 5.59. The normalized spacial score (nSPS) is 11.1. The number of aromatic nitrogens is 1. The number of pyridine rings is 1. The first-order valence-corrected chi connectivity index (χ1v) is 7.83. The zero-order valence-electron chi connectivity index (χ0n) is 12.3. The summed E-state index contributed by atoms with van der Waals surface area (Å²) in [6, 6.07) is 3.05. The van der Waals surface area contributed by atoms with Crippen LogP contribution in [0, 0.1) is 13.8 Å². The van der Waals surface area contributed by atoms with Gasteiger partial charge < -0.3 is 4.90 Å². The van der Waals surface area contributed by atoms with Crippen molar-refractivity contribution in [2.75, 3.05) is 19.6 Å². The molecule has 1 aromatic heterocycles. The van der Waals surface area contributed by atoms with Gasteiger partial charge in [0.2, 0.25) is 0 Å². The molecule has 0 aromatic carbocycles. The summed E-state index contributed by atoms with van der Waals surface area (Å²) in [7, 11) is -4.16. The lowest BCUT2D eigenvalue weighted by Crippen LogP contribution is -2.21. The predicted octanol–water partition coefficient (Wildman–Crippen LogP) is 2.29. The maximum absolute atomic E-state index is 10.6. The van der Waals surface area contributed by atoms with E-state index in [2.05, 4.69) is 30.7 Å². The summed E-state index contributed by atoms with van der Waals surface area (Å²) < 4.78 is 29.9. The minimum Gasteiger partial charge on any atom is -0.304 e. The maximum Gasteiger partial charge on any atom is 0.312 e. The first-order chi connectivity index (χ1) is 8.74. The molecule has 0 fully saturated rings. The summed E-state index contributed by atoms with van der Waals surface area (Å²) in [6.07, 6.45) is 0. The van der Waals surface area contributed by atoms with Crippen LogP contribution in [-0.2, 0) is 10.1 Å². The Morgan fingerprint density at radius 1 is 1.11 bits per heavy atom. The van der Waals surface area contributed by atoms with E-state index in [1.54, 1.807) is 19.9 Å². The van der Waals surface area contributed by atoms with Gasteiger partial charge in [0, 0.05) is 5.69 Å². The summed E-state index contributed by atoms with van der Waals surface area (Å²) in [5.74, 6) is 0. The van der Waals surface area contributed by atoms with Gasteiger partial charge in [-0.25, -0.2) is 4.98 Å². The first-order valence-electron chi connectivity index (χ1n) is 6.39. The summed E-state index contributed by atoms with van der Waals surface area (Å²) in [6.45, 7) is 13.5. The number of aryl methyl sites for hydroxylation is 2. The average molecular weight is 288 g/mol. The molecule has 5 nitrogen and oxygen atoms in total. The molecule has 0 aliphatic carbocycles. The number of nitrogens with zero attached hydrogens (tertiary/aromatic N) is 2. The Balaban J connectivity index is 0.000000399. The predicted molar refractivity (Wildman–Crippen MR) is 77.0 cm³/mol. The van der Waals surface area contributed by atoms with Crippen molar-refractivity contribution in [2.45, 2.75) is 39.6 Å². The van der Waals surface area contributed by atoms with Gasteiger partial charge in [0.25, 0.3) is 0 Å². The van der Waals surface area contributed by atoms with Crippen molar-refractivity contribution >= 4 is 10.1 Å². The summed E-state index contributed by atoms with van der Waals surface area (Å²) in [4.78, 5) is 6.04. The van der Waals surface area contributed by atoms with E-state index in [1.165, 1.54) is 25.7 Å². The van der Waals surface area contributed by atoms with Gasteiger partial charge in [-0.2, -0.15) is 8.42 Å². The van der Waals surface area contributed by atoms with Crippen LogP contribution in [-0.4, -0.2) is 42.5 Å². The molecule has 0 saturated carbocycles. The molecule has 0 unspecified atom stereocenters. The van der Waals surface area contributed by atoms with Gasteiger partial charge in [-0.15, -0.1) is 0 Å². The van der Waals surface area contributed by atoms with E-state index in [0.717, 1.165) is 5.56 Å². The smallest absolute Gasteiger partial charge is 0.304 e. The van der Waals surface area contributed by atoms with Crippen molar-refractivity contribution in [3.8, 4) is 0 Å². The van der Waals surface area contributed by atoms with Crippen LogP contribution in [0.1, 0.15) is 32.0 Å². The highest BCUT2D eigenvalue weighted by atomic mass is 32.2. The van der Waals surface area contributed by atoms with E-state index < -0.39 is 10.1 Å². The quantitative estimate of drug-likeness (QED) is 0.861. The molecule has 1 N–H and O–H groups in total. The number of rotatable bonds is 4. The molecule has 0 aliphatic rings. The van der Waals surface area contributed by atoms with Crippen LogP contribution >= 0.6 is 0 Å². The standard InChI is InChI=1S/C7H9NO3S.C6H15N/c1-5-3-6(2)8-7(4-5)12(9,10)11;1-4-7(5-2)6-3/h3-4H,1-2H3,(H,9,10,11);4-6H2,1-3H3. The molecule has 0 saturated heterocycles. The molecule has 0 bridgehead atoms. The van der Waals surface area contributed by atoms with E-state index in [9.17, 15) is 8.42 Å². The molecule has 110 valence electrons. The molecule has 0 radical (unpaired) electrons. The molecular formula is C13H24N2O3S. The summed E-state index contributed by atoms with van der Waals surface area (Å²) >= 11 is 0. The van der Waals surface area contributed by atoms with Crippen molar-refractivity contribution in [1.82, 2.24) is 9.88 Å². The molecule has 0 aliphatic heterocycles. The van der Waals surface area contributed by atoms with Crippen LogP contribution in [0.15, 0.2) is 17.2 Å². The van der Waals surface area contributed by atoms with Crippen molar-refractivity contribution in [3.05, 3.63) is 23.4 Å². The minimum absolute atomic E-state index is 0.292. The van der Waals surface area contributed by atoms with Crippen LogP contribution in [0.3, 0.4) is 0 Å². The van der Waals surface area contributed by atoms with E-state index in [0.29, 0.717) is 5.69 Å². The van der Waals surface area contributed by atoms with Gasteiger partial charge >= 0.3 is 10.1 Å². The highest BCUT2D eigenvalue weighted by Crippen LogP contribution is 2.08. The van der Waals surface area contributed by atoms with E-state index in [-0.39, 0.29) is 5.03 Å². The molecule has 1 rings (SSSR count). The molecule has 0 atom stereocenters. The Labute approximate surface area is 116 Å². The lowest BCUT2D eigenvalue weighted by molar-refractivity contribution is 0.321. The van der Waals surface area contributed by atoms with Gasteiger partial charge in [-0.05, 0) is 51.2 Å². The summed E-state index contributed by atoms with van der Waals surface area (Å²) in [5, 5.41) is -0.292. The molecule has 6 heteroatoms. The monoisotopic (exact) mass is 288 g/mol. The van der Waals surface area contributed by atoms with Crippen LogP contribution < -0.4 is 0 Å². The fraction of sp³-hybridized carbons (Fsp3) is 0.615. The van der Waals surface area contributed by atoms with Crippen LogP contribution in [0.25, 0.3) is 0 Å². The van der Waals surface area contributed by atoms with Crippen LogP contribution in [0.4, 0.5) is 0 Å². The number of hydrogen-bond donors (Lipinski definition) is 1. The largest absolute Gasteiger partial charge is 0.312 e. The van der Waals surface area contributed by atoms with Crippen molar-refractivity contribution in [1.29, 1.82) is 0 Å². The summed E-state index contributed by atoms with van der Waals surface area (Å²) in [5.41, 5.74) is 1.33. The second kappa shape index (κ2) is 8.24. The Morgan fingerprint density at radius 3 is 1.84 bits per heavy atom. The molecule has 1 heterocycles. The molecular weight excluding hydrogens is 264 g/mol. The zero-order valence-corrected chi connectivity index (χ0v) is 13.2. The molecule has 19 heavy (non-hydrogen) atoms. The Kier molecular flexibility index (Phi) is 7.82. The maximum atomic E-state index is 10.6. The van der Waals surface area contributed by atoms with Crippen molar-refractivity contribution < 1.29 is 13.0 Å². The Hall–Kier alpha value is -0.980.